The Bertz CT molecular complexity index is 708. The van der Waals surface area contributed by atoms with E-state index < -0.39 is 18.6 Å². The Kier molecular flexibility index (Phi) is 4.30. The first-order chi connectivity index (χ1) is 10.6. The molecule has 0 spiro atoms. The molecule has 124 valence electrons. The molecule has 0 aromatic carbocycles. The van der Waals surface area contributed by atoms with Crippen molar-refractivity contribution < 1.29 is 22.0 Å². The van der Waals surface area contributed by atoms with Crippen LogP contribution in [0.2, 0.25) is 0 Å². The maximum absolute atomic E-state index is 13.0. The van der Waals surface area contributed by atoms with Crippen LogP contribution < -0.4 is 5.32 Å². The summed E-state index contributed by atoms with van der Waals surface area (Å²) in [5.74, 6) is -4.82. The summed E-state index contributed by atoms with van der Waals surface area (Å²) in [4.78, 5) is 7.60. The number of aromatic amines is 1. The minimum Gasteiger partial charge on any atom is -0.363 e. The summed E-state index contributed by atoms with van der Waals surface area (Å²) >= 11 is 0. The average molecular weight is 334 g/mol. The van der Waals surface area contributed by atoms with Gasteiger partial charge in [-0.05, 0) is 19.1 Å². The predicted octanol–water partition coefficient (Wildman–Crippen LogP) is 2.53. The Morgan fingerprint density at radius 3 is 2.57 bits per heavy atom. The molecule has 2 aromatic heterocycles. The van der Waals surface area contributed by atoms with E-state index in [0.29, 0.717) is 5.82 Å². The molecule has 6 nitrogen and oxygen atoms in total. The number of halogens is 5. The van der Waals surface area contributed by atoms with Crippen molar-refractivity contribution in [2.24, 2.45) is 0 Å². The molecule has 0 unspecified atom stereocenters. The first kappa shape index (κ1) is 16.8. The zero-order valence-corrected chi connectivity index (χ0v) is 11.7. The van der Waals surface area contributed by atoms with Gasteiger partial charge in [-0.2, -0.15) is 27.1 Å². The van der Waals surface area contributed by atoms with Gasteiger partial charge in [0.1, 0.15) is 17.4 Å². The molecule has 11 heteroatoms. The van der Waals surface area contributed by atoms with Crippen molar-refractivity contribution in [3.8, 4) is 0 Å². The molecule has 0 aliphatic heterocycles. The second-order valence-corrected chi connectivity index (χ2v) is 4.57. The lowest BCUT2D eigenvalue weighted by atomic mass is 10.1. The number of nitrogens with zero attached hydrogens (tertiary/aromatic N) is 3. The summed E-state index contributed by atoms with van der Waals surface area (Å²) in [6.07, 6.45) is -4.47. The number of nitrogens with one attached hydrogen (secondary N) is 3. The van der Waals surface area contributed by atoms with Gasteiger partial charge in [0, 0.05) is 11.8 Å². The van der Waals surface area contributed by atoms with Gasteiger partial charge >= 0.3 is 12.1 Å². The first-order valence-corrected chi connectivity index (χ1v) is 6.23. The van der Waals surface area contributed by atoms with Crippen LogP contribution >= 0.6 is 0 Å². The van der Waals surface area contributed by atoms with Crippen molar-refractivity contribution in [1.29, 1.82) is 5.41 Å². The third-order valence-electron chi connectivity index (χ3n) is 2.79. The molecule has 0 fully saturated rings. The van der Waals surface area contributed by atoms with Crippen LogP contribution in [0.5, 0.6) is 0 Å². The number of aryl methyl sites for hydroxylation is 1. The van der Waals surface area contributed by atoms with Crippen LogP contribution in [0.15, 0.2) is 18.3 Å². The lowest BCUT2D eigenvalue weighted by molar-refractivity contribution is -0.275. The van der Waals surface area contributed by atoms with Gasteiger partial charge in [-0.15, -0.1) is 0 Å². The Balaban J connectivity index is 2.23. The Hall–Kier alpha value is -2.59. The van der Waals surface area contributed by atoms with Gasteiger partial charge in [-0.1, -0.05) is 0 Å². The van der Waals surface area contributed by atoms with Crippen molar-refractivity contribution in [2.45, 2.75) is 19.0 Å². The molecule has 0 bridgehead atoms. The lowest BCUT2D eigenvalue weighted by Crippen LogP contribution is -2.42. The van der Waals surface area contributed by atoms with Crippen molar-refractivity contribution in [3.05, 3.63) is 35.5 Å². The average Bonchev–Trinajstić information content (AvgIpc) is 2.90. The third-order valence-corrected chi connectivity index (χ3v) is 2.79. The zero-order chi connectivity index (χ0) is 17.3. The fourth-order valence-corrected chi connectivity index (χ4v) is 1.62. The quantitative estimate of drug-likeness (QED) is 0.579. The number of hydrogen-bond donors (Lipinski definition) is 3. The molecule has 0 saturated carbocycles. The van der Waals surface area contributed by atoms with Gasteiger partial charge in [0.25, 0.3) is 0 Å². The minimum atomic E-state index is -5.68. The number of H-pyrrole nitrogens is 1. The molecular weight excluding hydrogens is 323 g/mol. The largest absolute Gasteiger partial charge is 0.455 e. The maximum atomic E-state index is 13.0. The van der Waals surface area contributed by atoms with Crippen LogP contribution in [0, 0.1) is 12.3 Å². The van der Waals surface area contributed by atoms with Crippen LogP contribution in [0.25, 0.3) is 0 Å². The molecule has 0 aliphatic carbocycles. The SMILES string of the molecule is Cc1nc(C(=N)c2cccnc2NCC(F)(F)C(F)(F)F)n[nH]1. The summed E-state index contributed by atoms with van der Waals surface area (Å²) in [6.45, 7) is -0.100. The number of aromatic nitrogens is 4. The highest BCUT2D eigenvalue weighted by molar-refractivity contribution is 6.11. The van der Waals surface area contributed by atoms with Gasteiger partial charge in [0.15, 0.2) is 5.82 Å². The van der Waals surface area contributed by atoms with Crippen LogP contribution in [0.1, 0.15) is 17.2 Å². The molecule has 0 radical (unpaired) electrons. The summed E-state index contributed by atoms with van der Waals surface area (Å²) < 4.78 is 62.5. The van der Waals surface area contributed by atoms with Gasteiger partial charge in [0.05, 0.1) is 6.54 Å². The van der Waals surface area contributed by atoms with E-state index in [9.17, 15) is 22.0 Å². The standard InChI is InChI=1S/C12H11F5N6/c1-6-21-10(23-22-6)8(18)7-3-2-4-19-9(7)20-5-11(13,14)12(15,16)17/h2-4,18H,5H2,1H3,(H,19,20)(H,21,22,23). The van der Waals surface area contributed by atoms with E-state index in [1.807, 2.05) is 5.32 Å². The molecule has 0 aliphatic rings. The summed E-state index contributed by atoms with van der Waals surface area (Å²) in [6, 6.07) is 2.76. The molecule has 0 atom stereocenters. The van der Waals surface area contributed by atoms with Gasteiger partial charge in [-0.25, -0.2) is 9.97 Å². The highest BCUT2D eigenvalue weighted by Crippen LogP contribution is 2.35. The molecule has 23 heavy (non-hydrogen) atoms. The Morgan fingerprint density at radius 1 is 1.30 bits per heavy atom. The second kappa shape index (κ2) is 5.89. The molecule has 2 aromatic rings. The van der Waals surface area contributed by atoms with Crippen molar-refractivity contribution in [1.82, 2.24) is 20.2 Å². The maximum Gasteiger partial charge on any atom is 0.455 e. The monoisotopic (exact) mass is 334 g/mol. The van der Waals surface area contributed by atoms with Crippen LogP contribution in [-0.2, 0) is 0 Å². The van der Waals surface area contributed by atoms with E-state index in [1.165, 1.54) is 18.3 Å². The van der Waals surface area contributed by atoms with Crippen LogP contribution in [0.4, 0.5) is 27.8 Å². The fourth-order valence-electron chi connectivity index (χ4n) is 1.62. The Morgan fingerprint density at radius 2 is 2.00 bits per heavy atom. The van der Waals surface area contributed by atoms with Crippen molar-refractivity contribution in [3.63, 3.8) is 0 Å². The van der Waals surface area contributed by atoms with Gasteiger partial charge in [-0.3, -0.25) is 10.5 Å². The van der Waals surface area contributed by atoms with Gasteiger partial charge < -0.3 is 5.32 Å². The van der Waals surface area contributed by atoms with E-state index in [1.54, 1.807) is 6.92 Å². The fraction of sp³-hybridized carbons (Fsp3) is 0.333. The zero-order valence-electron chi connectivity index (χ0n) is 11.7. The molecule has 3 N–H and O–H groups in total. The normalized spacial score (nSPS) is 12.3. The lowest BCUT2D eigenvalue weighted by Gasteiger charge is -2.20. The molecule has 2 heterocycles. The summed E-state index contributed by atoms with van der Waals surface area (Å²) in [5, 5.41) is 16.1. The first-order valence-electron chi connectivity index (χ1n) is 6.23. The number of anilines is 1. The van der Waals surface area contributed by atoms with E-state index in [2.05, 4.69) is 20.2 Å². The van der Waals surface area contributed by atoms with E-state index in [4.69, 9.17) is 5.41 Å². The second-order valence-electron chi connectivity index (χ2n) is 4.57. The number of pyridine rings is 1. The number of hydrogen-bond acceptors (Lipinski definition) is 5. The highest BCUT2D eigenvalue weighted by Gasteiger charge is 2.57. The predicted molar refractivity (Wildman–Crippen MR) is 70.8 cm³/mol. The number of alkyl halides is 5. The topological polar surface area (TPSA) is 90.3 Å². The molecule has 2 rings (SSSR count). The van der Waals surface area contributed by atoms with Crippen LogP contribution in [0.3, 0.4) is 0 Å². The summed E-state index contributed by atoms with van der Waals surface area (Å²) in [5.41, 5.74) is -0.259. The van der Waals surface area contributed by atoms with Gasteiger partial charge in [0.2, 0.25) is 0 Å². The summed E-state index contributed by atoms with van der Waals surface area (Å²) in [7, 11) is 0. The minimum absolute atomic E-state index is 0.00414. The van der Waals surface area contributed by atoms with Crippen molar-refractivity contribution >= 4 is 11.5 Å². The van der Waals surface area contributed by atoms with E-state index in [0.717, 1.165) is 0 Å². The number of rotatable bonds is 5. The highest BCUT2D eigenvalue weighted by atomic mass is 19.4. The van der Waals surface area contributed by atoms with E-state index >= 15 is 0 Å². The van der Waals surface area contributed by atoms with Crippen LogP contribution in [-0.4, -0.2) is 44.5 Å². The third kappa shape index (κ3) is 3.60. The van der Waals surface area contributed by atoms with E-state index in [-0.39, 0.29) is 22.9 Å². The van der Waals surface area contributed by atoms with Crippen molar-refractivity contribution in [2.75, 3.05) is 11.9 Å². The smallest absolute Gasteiger partial charge is 0.363 e. The molecule has 0 saturated heterocycles. The molecular formula is C12H11F5N6. The Labute approximate surface area is 126 Å². The molecule has 0 amide bonds.